The first-order chi connectivity index (χ1) is 26.2. The summed E-state index contributed by atoms with van der Waals surface area (Å²) >= 11 is 0. The van der Waals surface area contributed by atoms with E-state index in [4.69, 9.17) is 0 Å². The average Bonchev–Trinajstić information content (AvgIpc) is 3.15. The average molecular weight is 823 g/mol. The Morgan fingerprint density at radius 1 is 0.321 bits per heavy atom. The molecule has 288 valence electrons. The highest BCUT2D eigenvalue weighted by Crippen LogP contribution is 2.40. The summed E-state index contributed by atoms with van der Waals surface area (Å²) in [5, 5.41) is 1.65. The number of carbonyl (C=O) groups is 1. The van der Waals surface area contributed by atoms with Gasteiger partial charge in [-0.3, -0.25) is 4.79 Å². The molecular weight excluding hydrogens is 798 g/mol. The first kappa shape index (κ1) is 40.7. The van der Waals surface area contributed by atoms with E-state index in [1.54, 1.807) is 12.1 Å². The summed E-state index contributed by atoms with van der Waals surface area (Å²) in [5.74, 6) is -0.645. The van der Waals surface area contributed by atoms with Gasteiger partial charge in [0.2, 0.25) is 0 Å². The van der Waals surface area contributed by atoms with Gasteiger partial charge in [0.1, 0.15) is 0 Å². The number of benzene rings is 6. The monoisotopic (exact) mass is 822 g/mol. The molecule has 6 aromatic rings. The summed E-state index contributed by atoms with van der Waals surface area (Å²) in [6, 6.07) is 28.2. The van der Waals surface area contributed by atoms with Crippen molar-refractivity contribution >= 4 is 53.5 Å². The summed E-state index contributed by atoms with van der Waals surface area (Å²) < 4.78 is 162. The van der Waals surface area contributed by atoms with Gasteiger partial charge in [0.05, 0.1) is 22.3 Å². The first-order valence-electron chi connectivity index (χ1n) is 16.3. The molecule has 0 heterocycles. The highest BCUT2D eigenvalue weighted by Gasteiger charge is 2.35. The molecule has 0 unspecified atom stereocenters. The summed E-state index contributed by atoms with van der Waals surface area (Å²) in [7, 11) is -3.98. The molecule has 0 amide bonds. The Labute approximate surface area is 314 Å². The Kier molecular flexibility index (Phi) is 11.3. The predicted molar refractivity (Wildman–Crippen MR) is 194 cm³/mol. The third-order valence-electron chi connectivity index (χ3n) is 8.59. The molecule has 0 aromatic heterocycles. The number of hydrogen-bond donors (Lipinski definition) is 0. The summed E-state index contributed by atoms with van der Waals surface area (Å²) in [6.45, 7) is 0. The molecule has 6 rings (SSSR count). The maximum absolute atomic E-state index is 14.8. The molecule has 0 aliphatic rings. The molecule has 15 heteroatoms. The van der Waals surface area contributed by atoms with E-state index in [0.717, 1.165) is 48.5 Å². The van der Waals surface area contributed by atoms with Gasteiger partial charge in [-0.05, 0) is 96.2 Å². The van der Waals surface area contributed by atoms with Crippen LogP contribution in [0.1, 0.15) is 38.2 Å². The number of carbonyl (C=O) groups excluding carboxylic acids is 1. The molecule has 0 aliphatic heterocycles. The summed E-state index contributed by atoms with van der Waals surface area (Å²) in [4.78, 5) is 14.8. The molecule has 0 saturated heterocycles. The van der Waals surface area contributed by atoms with E-state index in [1.165, 1.54) is 84.9 Å². The van der Waals surface area contributed by atoms with E-state index < -0.39 is 68.6 Å². The van der Waals surface area contributed by atoms with E-state index in [0.29, 0.717) is 0 Å². The number of halogens is 12. The standard InChI is InChI=1S/C41H24F12OP2/c42-38(43,44)25-9-17-29(18-10-25)55(30-19-11-26(12-20-30)39(45,46)47)35-7-3-1-5-33(35)37(54)34-6-2-4-8-36(34)56(31-21-13-27(14-22-31)40(48,49)50)32-23-15-28(16-24-32)41(51,52)53/h1-24H. The zero-order valence-corrected chi connectivity index (χ0v) is 30.0. The van der Waals surface area contributed by atoms with Crippen LogP contribution in [0.3, 0.4) is 0 Å². The van der Waals surface area contributed by atoms with Crippen molar-refractivity contribution < 1.29 is 57.5 Å². The van der Waals surface area contributed by atoms with Gasteiger partial charge in [-0.1, -0.05) is 97.1 Å². The van der Waals surface area contributed by atoms with Gasteiger partial charge in [0, 0.05) is 11.1 Å². The van der Waals surface area contributed by atoms with Gasteiger partial charge in [-0.15, -0.1) is 0 Å². The van der Waals surface area contributed by atoms with Gasteiger partial charge < -0.3 is 0 Å². The van der Waals surface area contributed by atoms with Crippen LogP contribution in [0.4, 0.5) is 52.7 Å². The van der Waals surface area contributed by atoms with Crippen molar-refractivity contribution in [1.82, 2.24) is 0 Å². The quantitative estimate of drug-likeness (QED) is 0.0849. The normalized spacial score (nSPS) is 12.7. The largest absolute Gasteiger partial charge is 0.416 e. The van der Waals surface area contributed by atoms with Gasteiger partial charge in [0.15, 0.2) is 5.78 Å². The fraction of sp³-hybridized carbons (Fsp3) is 0.0976. The van der Waals surface area contributed by atoms with E-state index >= 15 is 0 Å². The predicted octanol–water partition coefficient (Wildman–Crippen LogP) is 10.5. The molecule has 0 N–H and O–H groups in total. The fourth-order valence-corrected chi connectivity index (χ4v) is 10.7. The molecule has 0 fully saturated rings. The van der Waals surface area contributed by atoms with Crippen molar-refractivity contribution in [2.45, 2.75) is 24.7 Å². The van der Waals surface area contributed by atoms with Crippen LogP contribution in [0.15, 0.2) is 146 Å². The van der Waals surface area contributed by atoms with Crippen molar-refractivity contribution in [2.75, 3.05) is 0 Å². The Balaban J connectivity index is 1.52. The van der Waals surface area contributed by atoms with Gasteiger partial charge in [-0.25, -0.2) is 0 Å². The third kappa shape index (κ3) is 8.85. The Morgan fingerprint density at radius 3 is 0.750 bits per heavy atom. The second-order valence-corrected chi connectivity index (χ2v) is 16.6. The highest BCUT2D eigenvalue weighted by atomic mass is 31.1. The second-order valence-electron chi connectivity index (χ2n) is 12.2. The lowest BCUT2D eigenvalue weighted by Crippen LogP contribution is -2.29. The lowest BCUT2D eigenvalue weighted by Gasteiger charge is -2.25. The Bertz CT molecular complexity index is 2030. The van der Waals surface area contributed by atoms with Crippen LogP contribution in [0, 0.1) is 0 Å². The van der Waals surface area contributed by atoms with Crippen LogP contribution < -0.4 is 31.8 Å². The van der Waals surface area contributed by atoms with Gasteiger partial charge >= 0.3 is 24.7 Å². The van der Waals surface area contributed by atoms with E-state index in [9.17, 15) is 57.5 Å². The Hall–Kier alpha value is -4.99. The molecule has 1 nitrogen and oxygen atoms in total. The minimum absolute atomic E-state index is 0.0284. The molecule has 0 saturated carbocycles. The topological polar surface area (TPSA) is 17.1 Å². The summed E-state index contributed by atoms with van der Waals surface area (Å²) in [6.07, 6.45) is -18.8. The smallest absolute Gasteiger partial charge is 0.289 e. The van der Waals surface area contributed by atoms with Crippen LogP contribution in [0.25, 0.3) is 0 Å². The maximum Gasteiger partial charge on any atom is 0.416 e. The highest BCUT2D eigenvalue weighted by molar-refractivity contribution is 7.80. The van der Waals surface area contributed by atoms with Crippen molar-refractivity contribution in [3.05, 3.63) is 179 Å². The van der Waals surface area contributed by atoms with Crippen molar-refractivity contribution in [3.63, 3.8) is 0 Å². The van der Waals surface area contributed by atoms with Crippen LogP contribution in [0.2, 0.25) is 0 Å². The molecule has 0 atom stereocenters. The van der Waals surface area contributed by atoms with E-state index in [-0.39, 0.29) is 43.0 Å². The SMILES string of the molecule is O=C(c1ccccc1P(c1ccc(C(F)(F)F)cc1)c1ccc(C(F)(F)F)cc1)c1ccccc1P(c1ccc(C(F)(F)F)cc1)c1ccc(C(F)(F)F)cc1. The fourth-order valence-electron chi connectivity index (χ4n) is 5.92. The maximum atomic E-state index is 14.8. The van der Waals surface area contributed by atoms with Crippen molar-refractivity contribution in [1.29, 1.82) is 0 Å². The van der Waals surface area contributed by atoms with Crippen LogP contribution >= 0.6 is 15.8 Å². The molecule has 0 aliphatic carbocycles. The molecule has 0 spiro atoms. The molecule has 0 radical (unpaired) electrons. The second kappa shape index (κ2) is 15.5. The minimum Gasteiger partial charge on any atom is -0.289 e. The van der Waals surface area contributed by atoms with Gasteiger partial charge in [0.25, 0.3) is 0 Å². The lowest BCUT2D eigenvalue weighted by molar-refractivity contribution is -0.138. The molecule has 56 heavy (non-hydrogen) atoms. The number of ketones is 1. The van der Waals surface area contributed by atoms with E-state index in [2.05, 4.69) is 0 Å². The minimum atomic E-state index is -4.69. The molecular formula is C41H24F12OP2. The van der Waals surface area contributed by atoms with Crippen molar-refractivity contribution in [3.8, 4) is 0 Å². The first-order valence-corrected chi connectivity index (χ1v) is 18.9. The third-order valence-corrected chi connectivity index (χ3v) is 13.6. The summed E-state index contributed by atoms with van der Waals surface area (Å²) in [5.41, 5.74) is -3.83. The number of alkyl halides is 12. The van der Waals surface area contributed by atoms with Crippen molar-refractivity contribution in [2.24, 2.45) is 0 Å². The van der Waals surface area contributed by atoms with Crippen LogP contribution in [-0.2, 0) is 24.7 Å². The van der Waals surface area contributed by atoms with Crippen LogP contribution in [0.5, 0.6) is 0 Å². The lowest BCUT2D eigenvalue weighted by atomic mass is 10.0. The number of hydrogen-bond acceptors (Lipinski definition) is 1. The van der Waals surface area contributed by atoms with Gasteiger partial charge in [-0.2, -0.15) is 52.7 Å². The molecule has 0 bridgehead atoms. The van der Waals surface area contributed by atoms with E-state index in [1.807, 2.05) is 0 Å². The zero-order valence-electron chi connectivity index (χ0n) is 28.2. The van der Waals surface area contributed by atoms with Crippen LogP contribution in [-0.4, -0.2) is 5.78 Å². The molecule has 6 aromatic carbocycles. The Morgan fingerprint density at radius 2 is 0.536 bits per heavy atom. The number of rotatable bonds is 8. The zero-order chi connectivity index (χ0) is 40.6.